The number of anilines is 1. The molecule has 2 atom stereocenters. The standard InChI is InChI=1S/C21H24N2O6S/c1-4-7-28-19-10-22-15(9-17(19)24)12-30(27)13(2)21(26)14-5-6-18-16(8-14)23(3)20(25)11-29-18/h5-6,8-10,13H,4,7,11-12H2,1-3H3,(H,22,24). The van der Waals surface area contributed by atoms with Gasteiger partial charge in [0, 0.05) is 41.4 Å². The van der Waals surface area contributed by atoms with E-state index in [1.54, 1.807) is 32.2 Å². The van der Waals surface area contributed by atoms with E-state index in [0.717, 1.165) is 6.42 Å². The van der Waals surface area contributed by atoms with Gasteiger partial charge >= 0.3 is 0 Å². The van der Waals surface area contributed by atoms with Crippen molar-refractivity contribution in [2.75, 3.05) is 25.2 Å². The number of hydrogen-bond donors (Lipinski definition) is 1. The molecule has 8 nitrogen and oxygen atoms in total. The van der Waals surface area contributed by atoms with Gasteiger partial charge in [0.2, 0.25) is 5.43 Å². The van der Waals surface area contributed by atoms with Gasteiger partial charge in [0.15, 0.2) is 18.1 Å². The zero-order valence-electron chi connectivity index (χ0n) is 17.1. The molecule has 1 N–H and O–H groups in total. The highest BCUT2D eigenvalue weighted by Crippen LogP contribution is 2.32. The summed E-state index contributed by atoms with van der Waals surface area (Å²) in [4.78, 5) is 41.1. The van der Waals surface area contributed by atoms with E-state index in [4.69, 9.17) is 9.47 Å². The van der Waals surface area contributed by atoms with Crippen LogP contribution < -0.4 is 19.8 Å². The first-order valence-corrected chi connectivity index (χ1v) is 11.0. The van der Waals surface area contributed by atoms with Crippen molar-refractivity contribution in [1.29, 1.82) is 0 Å². The number of carbonyl (C=O) groups excluding carboxylic acids is 2. The molecule has 1 aromatic heterocycles. The van der Waals surface area contributed by atoms with E-state index < -0.39 is 16.0 Å². The Morgan fingerprint density at radius 1 is 1.33 bits per heavy atom. The molecule has 0 saturated heterocycles. The van der Waals surface area contributed by atoms with E-state index in [0.29, 0.717) is 29.3 Å². The Balaban J connectivity index is 1.72. The molecule has 160 valence electrons. The molecule has 0 radical (unpaired) electrons. The van der Waals surface area contributed by atoms with Gasteiger partial charge in [-0.25, -0.2) is 0 Å². The third-order valence-corrected chi connectivity index (χ3v) is 6.39. The molecular formula is C21H24N2O6S. The third-order valence-electron chi connectivity index (χ3n) is 4.79. The fourth-order valence-electron chi connectivity index (χ4n) is 2.97. The van der Waals surface area contributed by atoms with Crippen molar-refractivity contribution < 1.29 is 23.3 Å². The smallest absolute Gasteiger partial charge is 0.264 e. The van der Waals surface area contributed by atoms with Crippen LogP contribution in [0.25, 0.3) is 0 Å². The Kier molecular flexibility index (Phi) is 6.71. The molecule has 1 aliphatic rings. The van der Waals surface area contributed by atoms with Crippen molar-refractivity contribution >= 4 is 28.2 Å². The van der Waals surface area contributed by atoms with Gasteiger partial charge in [-0.3, -0.25) is 18.6 Å². The van der Waals surface area contributed by atoms with E-state index in [2.05, 4.69) is 4.98 Å². The minimum atomic E-state index is -1.56. The highest BCUT2D eigenvalue weighted by atomic mass is 32.2. The zero-order chi connectivity index (χ0) is 21.8. The van der Waals surface area contributed by atoms with Crippen molar-refractivity contribution in [1.82, 2.24) is 4.98 Å². The number of ketones is 1. The number of nitrogens with zero attached hydrogens (tertiary/aromatic N) is 1. The second kappa shape index (κ2) is 9.25. The predicted molar refractivity (Wildman–Crippen MR) is 114 cm³/mol. The first kappa shape index (κ1) is 21.8. The summed E-state index contributed by atoms with van der Waals surface area (Å²) in [5, 5.41) is -0.798. The van der Waals surface area contributed by atoms with Crippen LogP contribution in [0.2, 0.25) is 0 Å². The van der Waals surface area contributed by atoms with E-state index in [1.807, 2.05) is 6.92 Å². The molecule has 1 aliphatic heterocycles. The van der Waals surface area contributed by atoms with E-state index >= 15 is 0 Å². The Morgan fingerprint density at radius 3 is 2.80 bits per heavy atom. The molecule has 1 amide bonds. The van der Waals surface area contributed by atoms with Crippen molar-refractivity contribution in [2.45, 2.75) is 31.3 Å². The second-order valence-electron chi connectivity index (χ2n) is 6.99. The maximum atomic E-state index is 12.9. The number of rotatable bonds is 8. The molecule has 30 heavy (non-hydrogen) atoms. The topological polar surface area (TPSA) is 106 Å². The molecule has 9 heteroatoms. The number of aromatic amines is 1. The predicted octanol–water partition coefficient (Wildman–Crippen LogP) is 2.04. The van der Waals surface area contributed by atoms with Crippen LogP contribution in [0.3, 0.4) is 0 Å². The van der Waals surface area contributed by atoms with Gasteiger partial charge in [0.05, 0.1) is 23.3 Å². The van der Waals surface area contributed by atoms with E-state index in [9.17, 15) is 18.6 Å². The normalized spacial score (nSPS) is 15.2. The summed E-state index contributed by atoms with van der Waals surface area (Å²) in [6.07, 6.45) is 2.23. The quantitative estimate of drug-likeness (QED) is 0.640. The minimum absolute atomic E-state index is 0.0304. The molecule has 3 rings (SSSR count). The van der Waals surface area contributed by atoms with Gasteiger partial charge in [0.1, 0.15) is 5.75 Å². The number of benzene rings is 1. The number of nitrogens with one attached hydrogen (secondary N) is 1. The molecule has 0 bridgehead atoms. The number of aromatic nitrogens is 1. The first-order valence-electron chi connectivity index (χ1n) is 9.61. The summed E-state index contributed by atoms with van der Waals surface area (Å²) < 4.78 is 23.5. The number of pyridine rings is 1. The fraction of sp³-hybridized carbons (Fsp3) is 0.381. The van der Waals surface area contributed by atoms with Gasteiger partial charge in [-0.2, -0.15) is 0 Å². The number of likely N-dealkylation sites (N-methyl/N-ethyl adjacent to an activating group) is 1. The number of H-pyrrole nitrogens is 1. The molecule has 0 saturated carbocycles. The number of hydrogen-bond acceptors (Lipinski definition) is 6. The second-order valence-corrected chi connectivity index (χ2v) is 8.75. The van der Waals surface area contributed by atoms with E-state index in [1.165, 1.54) is 17.2 Å². The lowest BCUT2D eigenvalue weighted by Crippen LogP contribution is -2.35. The van der Waals surface area contributed by atoms with Gasteiger partial charge in [-0.15, -0.1) is 0 Å². The van der Waals surface area contributed by atoms with Crippen molar-refractivity contribution in [3.63, 3.8) is 0 Å². The number of Topliss-reactive ketones (excluding diaryl/α,β-unsaturated/α-hetero) is 1. The highest BCUT2D eigenvalue weighted by Gasteiger charge is 2.26. The molecule has 2 aromatic rings. The molecule has 0 aliphatic carbocycles. The van der Waals surface area contributed by atoms with Crippen molar-refractivity contribution in [3.8, 4) is 11.5 Å². The highest BCUT2D eigenvalue weighted by molar-refractivity contribution is 7.85. The van der Waals surface area contributed by atoms with Crippen molar-refractivity contribution in [3.05, 3.63) is 51.9 Å². The zero-order valence-corrected chi connectivity index (χ0v) is 17.9. The number of fused-ring (bicyclic) bond motifs is 1. The summed E-state index contributed by atoms with van der Waals surface area (Å²) in [5.74, 6) is 0.241. The SMILES string of the molecule is CCCOc1c[nH]c(CS(=O)C(C)C(=O)c2ccc3c(c2)N(C)C(=O)CO3)cc1=O. The van der Waals surface area contributed by atoms with Crippen LogP contribution in [-0.2, 0) is 21.3 Å². The maximum absolute atomic E-state index is 12.9. The molecule has 2 heterocycles. The average Bonchev–Trinajstić information content (AvgIpc) is 2.74. The lowest BCUT2D eigenvalue weighted by Gasteiger charge is -2.26. The molecule has 2 unspecified atom stereocenters. The van der Waals surface area contributed by atoms with Crippen molar-refractivity contribution in [2.24, 2.45) is 0 Å². The van der Waals surface area contributed by atoms with Crippen LogP contribution in [0.5, 0.6) is 11.5 Å². The minimum Gasteiger partial charge on any atom is -0.488 e. The van der Waals surface area contributed by atoms with Gasteiger partial charge in [-0.1, -0.05) is 6.92 Å². The largest absolute Gasteiger partial charge is 0.488 e. The number of ether oxygens (including phenoxy) is 2. The van der Waals surface area contributed by atoms with Crippen LogP contribution in [-0.4, -0.2) is 46.4 Å². The summed E-state index contributed by atoms with van der Waals surface area (Å²) in [6.45, 7) is 3.92. The number of amides is 1. The lowest BCUT2D eigenvalue weighted by molar-refractivity contribution is -0.120. The van der Waals surface area contributed by atoms with Gasteiger partial charge in [-0.05, 0) is 31.5 Å². The van der Waals surface area contributed by atoms with Crippen LogP contribution in [0, 0.1) is 0 Å². The first-order chi connectivity index (χ1) is 14.3. The Hall–Kier alpha value is -2.94. The van der Waals surface area contributed by atoms with E-state index in [-0.39, 0.29) is 35.2 Å². The summed E-state index contributed by atoms with van der Waals surface area (Å²) >= 11 is 0. The summed E-state index contributed by atoms with van der Waals surface area (Å²) in [6, 6.07) is 6.15. The van der Waals surface area contributed by atoms with Crippen LogP contribution in [0.15, 0.2) is 35.3 Å². The molecule has 0 spiro atoms. The monoisotopic (exact) mass is 432 g/mol. The Bertz CT molecular complexity index is 1050. The summed E-state index contributed by atoms with van der Waals surface area (Å²) in [5.41, 5.74) is 1.01. The van der Waals surface area contributed by atoms with Gasteiger partial charge in [0.25, 0.3) is 5.91 Å². The molecular weight excluding hydrogens is 408 g/mol. The lowest BCUT2D eigenvalue weighted by atomic mass is 10.1. The average molecular weight is 432 g/mol. The van der Waals surface area contributed by atoms with Crippen LogP contribution in [0.1, 0.15) is 36.3 Å². The van der Waals surface area contributed by atoms with Crippen LogP contribution >= 0.6 is 0 Å². The maximum Gasteiger partial charge on any atom is 0.264 e. The Morgan fingerprint density at radius 2 is 2.10 bits per heavy atom. The third kappa shape index (κ3) is 4.62. The fourth-order valence-corrected chi connectivity index (χ4v) is 4.06. The molecule has 0 fully saturated rings. The molecule has 1 aromatic carbocycles. The van der Waals surface area contributed by atoms with Crippen LogP contribution in [0.4, 0.5) is 5.69 Å². The Labute approximate surface area is 176 Å². The summed E-state index contributed by atoms with van der Waals surface area (Å²) in [7, 11) is 0.0585. The number of carbonyl (C=O) groups is 2. The van der Waals surface area contributed by atoms with Gasteiger partial charge < -0.3 is 19.4 Å².